The second kappa shape index (κ2) is 8.01. The fraction of sp³-hybridized carbons (Fsp3) is 0.500. The van der Waals surface area contributed by atoms with Crippen LogP contribution in [-0.4, -0.2) is 36.1 Å². The third-order valence-electron chi connectivity index (χ3n) is 4.02. The Bertz CT molecular complexity index is 560. The molecule has 0 bridgehead atoms. The maximum Gasteiger partial charge on any atom is 0.251 e. The summed E-state index contributed by atoms with van der Waals surface area (Å²) in [5.41, 5.74) is -0.179. The van der Waals surface area contributed by atoms with Crippen molar-refractivity contribution >= 4 is 11.8 Å². The minimum absolute atomic E-state index is 0.0138. The standard InChI is InChI=1S/C16H20F2N2O3/c17-12-5-11(6-13(18)7-12)16(23)19-8-15(22)20-14-4-2-1-3-10(14)9-21/h5-7,10,14,21H,1-4,8-9H2,(H,19,23)(H,20,22). The third-order valence-corrected chi connectivity index (χ3v) is 4.02. The van der Waals surface area contributed by atoms with Gasteiger partial charge in [0.25, 0.3) is 5.91 Å². The van der Waals surface area contributed by atoms with Crippen LogP contribution < -0.4 is 10.6 Å². The molecule has 0 radical (unpaired) electrons. The Balaban J connectivity index is 1.84. The molecular weight excluding hydrogens is 306 g/mol. The van der Waals surface area contributed by atoms with Gasteiger partial charge in [0.2, 0.25) is 5.91 Å². The zero-order chi connectivity index (χ0) is 16.8. The molecule has 0 saturated heterocycles. The summed E-state index contributed by atoms with van der Waals surface area (Å²) >= 11 is 0. The van der Waals surface area contributed by atoms with Gasteiger partial charge in [-0.1, -0.05) is 12.8 Å². The van der Waals surface area contributed by atoms with Crippen molar-refractivity contribution in [3.8, 4) is 0 Å². The van der Waals surface area contributed by atoms with Gasteiger partial charge in [-0.25, -0.2) is 8.78 Å². The van der Waals surface area contributed by atoms with Gasteiger partial charge in [-0.05, 0) is 25.0 Å². The SMILES string of the molecule is O=C(CNC(=O)c1cc(F)cc(F)c1)NC1CCCCC1CO. The molecule has 1 aliphatic carbocycles. The Morgan fingerprint density at radius 1 is 1.13 bits per heavy atom. The highest BCUT2D eigenvalue weighted by Gasteiger charge is 2.25. The molecule has 126 valence electrons. The van der Waals surface area contributed by atoms with E-state index in [1.54, 1.807) is 0 Å². The van der Waals surface area contributed by atoms with Gasteiger partial charge in [-0.3, -0.25) is 9.59 Å². The van der Waals surface area contributed by atoms with Crippen LogP contribution in [0.1, 0.15) is 36.0 Å². The average molecular weight is 326 g/mol. The predicted molar refractivity (Wildman–Crippen MR) is 79.7 cm³/mol. The first kappa shape index (κ1) is 17.3. The number of carbonyl (C=O) groups excluding carboxylic acids is 2. The van der Waals surface area contributed by atoms with Gasteiger partial charge in [0.15, 0.2) is 0 Å². The van der Waals surface area contributed by atoms with E-state index in [1.807, 2.05) is 0 Å². The number of hydrogen-bond acceptors (Lipinski definition) is 3. The molecule has 0 aliphatic heterocycles. The van der Waals surface area contributed by atoms with E-state index < -0.39 is 17.5 Å². The molecule has 23 heavy (non-hydrogen) atoms. The largest absolute Gasteiger partial charge is 0.396 e. The quantitative estimate of drug-likeness (QED) is 0.764. The van der Waals surface area contributed by atoms with Crippen molar-refractivity contribution in [1.29, 1.82) is 0 Å². The first-order valence-corrected chi connectivity index (χ1v) is 7.64. The molecule has 3 N–H and O–H groups in total. The monoisotopic (exact) mass is 326 g/mol. The molecule has 0 spiro atoms. The van der Waals surface area contributed by atoms with E-state index in [4.69, 9.17) is 0 Å². The van der Waals surface area contributed by atoms with Crippen LogP contribution in [0.3, 0.4) is 0 Å². The molecule has 1 aromatic rings. The van der Waals surface area contributed by atoms with Gasteiger partial charge in [-0.15, -0.1) is 0 Å². The van der Waals surface area contributed by atoms with Gasteiger partial charge in [0, 0.05) is 30.2 Å². The van der Waals surface area contributed by atoms with Crippen molar-refractivity contribution in [2.24, 2.45) is 5.92 Å². The van der Waals surface area contributed by atoms with Crippen LogP contribution in [0, 0.1) is 17.6 Å². The van der Waals surface area contributed by atoms with Crippen molar-refractivity contribution in [3.63, 3.8) is 0 Å². The lowest BCUT2D eigenvalue weighted by Gasteiger charge is -2.30. The zero-order valence-electron chi connectivity index (χ0n) is 12.6. The normalized spacial score (nSPS) is 20.8. The number of hydrogen-bond donors (Lipinski definition) is 3. The summed E-state index contributed by atoms with van der Waals surface area (Å²) in [7, 11) is 0. The van der Waals surface area contributed by atoms with Gasteiger partial charge in [-0.2, -0.15) is 0 Å². The molecule has 1 aliphatic rings. The molecule has 2 atom stereocenters. The average Bonchev–Trinajstić information content (AvgIpc) is 2.52. The molecule has 0 aromatic heterocycles. The highest BCUT2D eigenvalue weighted by molar-refractivity contribution is 5.96. The molecule has 1 saturated carbocycles. The first-order chi connectivity index (χ1) is 11.0. The molecule has 2 amide bonds. The second-order valence-corrected chi connectivity index (χ2v) is 5.74. The second-order valence-electron chi connectivity index (χ2n) is 5.74. The van der Waals surface area contributed by atoms with Gasteiger partial charge < -0.3 is 15.7 Å². The fourth-order valence-corrected chi connectivity index (χ4v) is 2.82. The number of nitrogens with one attached hydrogen (secondary N) is 2. The van der Waals surface area contributed by atoms with E-state index >= 15 is 0 Å². The number of carbonyl (C=O) groups is 2. The summed E-state index contributed by atoms with van der Waals surface area (Å²) in [5, 5.41) is 14.4. The summed E-state index contributed by atoms with van der Waals surface area (Å²) < 4.78 is 26.1. The predicted octanol–water partition coefficient (Wildman–Crippen LogP) is 1.36. The number of rotatable bonds is 5. The Morgan fingerprint density at radius 2 is 1.78 bits per heavy atom. The zero-order valence-corrected chi connectivity index (χ0v) is 12.6. The maximum atomic E-state index is 13.1. The van der Waals surface area contributed by atoms with Crippen molar-refractivity contribution in [2.75, 3.05) is 13.2 Å². The molecule has 0 heterocycles. The minimum atomic E-state index is -0.854. The summed E-state index contributed by atoms with van der Waals surface area (Å²) in [6.45, 7) is -0.272. The smallest absolute Gasteiger partial charge is 0.251 e. The highest BCUT2D eigenvalue weighted by atomic mass is 19.1. The summed E-state index contributed by atoms with van der Waals surface area (Å²) in [6, 6.07) is 2.37. The van der Waals surface area contributed by atoms with E-state index in [1.165, 1.54) is 0 Å². The Kier molecular flexibility index (Phi) is 6.04. The molecular formula is C16H20F2N2O3. The van der Waals surface area contributed by atoms with E-state index in [-0.39, 0.29) is 36.6 Å². The van der Waals surface area contributed by atoms with Crippen LogP contribution in [0.4, 0.5) is 8.78 Å². The van der Waals surface area contributed by atoms with E-state index in [2.05, 4.69) is 10.6 Å². The van der Waals surface area contributed by atoms with Crippen molar-refractivity contribution in [1.82, 2.24) is 10.6 Å². The number of benzene rings is 1. The Morgan fingerprint density at radius 3 is 2.43 bits per heavy atom. The van der Waals surface area contributed by atoms with E-state index in [0.29, 0.717) is 6.07 Å². The van der Waals surface area contributed by atoms with Crippen molar-refractivity contribution in [3.05, 3.63) is 35.4 Å². The van der Waals surface area contributed by atoms with Crippen LogP contribution in [-0.2, 0) is 4.79 Å². The highest BCUT2D eigenvalue weighted by Crippen LogP contribution is 2.23. The van der Waals surface area contributed by atoms with Gasteiger partial charge >= 0.3 is 0 Å². The van der Waals surface area contributed by atoms with Gasteiger partial charge in [0.1, 0.15) is 11.6 Å². The van der Waals surface area contributed by atoms with E-state index in [9.17, 15) is 23.5 Å². The summed E-state index contributed by atoms with van der Waals surface area (Å²) in [6.07, 6.45) is 3.66. The lowest BCUT2D eigenvalue weighted by molar-refractivity contribution is -0.121. The van der Waals surface area contributed by atoms with Crippen LogP contribution in [0.5, 0.6) is 0 Å². The van der Waals surface area contributed by atoms with E-state index in [0.717, 1.165) is 37.8 Å². The first-order valence-electron chi connectivity index (χ1n) is 7.64. The topological polar surface area (TPSA) is 78.4 Å². The number of aliphatic hydroxyl groups is 1. The number of amides is 2. The third kappa shape index (κ3) is 4.99. The fourth-order valence-electron chi connectivity index (χ4n) is 2.82. The van der Waals surface area contributed by atoms with Crippen molar-refractivity contribution in [2.45, 2.75) is 31.7 Å². The molecule has 7 heteroatoms. The van der Waals surface area contributed by atoms with Crippen LogP contribution in [0.15, 0.2) is 18.2 Å². The van der Waals surface area contributed by atoms with Crippen molar-refractivity contribution < 1.29 is 23.5 Å². The van der Waals surface area contributed by atoms with Gasteiger partial charge in [0.05, 0.1) is 6.54 Å². The lowest BCUT2D eigenvalue weighted by atomic mass is 9.85. The molecule has 5 nitrogen and oxygen atoms in total. The maximum absolute atomic E-state index is 13.1. The Hall–Kier alpha value is -2.02. The summed E-state index contributed by atoms with van der Waals surface area (Å²) in [5.74, 6) is -2.79. The Labute approximate surface area is 133 Å². The van der Waals surface area contributed by atoms with Crippen LogP contribution in [0.25, 0.3) is 0 Å². The van der Waals surface area contributed by atoms with Crippen LogP contribution >= 0.6 is 0 Å². The number of aliphatic hydroxyl groups excluding tert-OH is 1. The lowest BCUT2D eigenvalue weighted by Crippen LogP contribution is -2.47. The number of halogens is 2. The minimum Gasteiger partial charge on any atom is -0.396 e. The summed E-state index contributed by atoms with van der Waals surface area (Å²) in [4.78, 5) is 23.7. The molecule has 1 fully saturated rings. The molecule has 2 rings (SSSR count). The molecule has 2 unspecified atom stereocenters. The van der Waals surface area contributed by atoms with Crippen LogP contribution in [0.2, 0.25) is 0 Å². The molecule has 1 aromatic carbocycles.